The zero-order chi connectivity index (χ0) is 15.7. The van der Waals surface area contributed by atoms with Crippen LogP contribution in [0.15, 0.2) is 29.3 Å². The number of carbonyl (C=O) groups excluding carboxylic acids is 1. The van der Waals surface area contributed by atoms with Crippen molar-refractivity contribution < 1.29 is 4.79 Å². The van der Waals surface area contributed by atoms with Gasteiger partial charge in [0, 0.05) is 39.3 Å². The van der Waals surface area contributed by atoms with Gasteiger partial charge in [-0.2, -0.15) is 0 Å². The van der Waals surface area contributed by atoms with E-state index in [0.29, 0.717) is 6.54 Å². The molecule has 1 aromatic rings. The molecule has 0 bridgehead atoms. The summed E-state index contributed by atoms with van der Waals surface area (Å²) in [7, 11) is 3.52. The molecule has 5 nitrogen and oxygen atoms in total. The second kappa shape index (κ2) is 9.00. The van der Waals surface area contributed by atoms with Gasteiger partial charge < -0.3 is 15.5 Å². The van der Waals surface area contributed by atoms with E-state index in [-0.39, 0.29) is 5.91 Å². The third kappa shape index (κ3) is 5.85. The average molecular weight is 290 g/mol. The Labute approximate surface area is 127 Å². The van der Waals surface area contributed by atoms with Gasteiger partial charge >= 0.3 is 0 Å². The molecule has 0 heterocycles. The fourth-order valence-corrected chi connectivity index (χ4v) is 1.92. The molecule has 0 aromatic heterocycles. The molecular formula is C16H26N4O. The Morgan fingerprint density at radius 2 is 1.86 bits per heavy atom. The summed E-state index contributed by atoms with van der Waals surface area (Å²) in [6.07, 6.45) is 0.814. The van der Waals surface area contributed by atoms with Crippen LogP contribution in [0.3, 0.4) is 0 Å². The van der Waals surface area contributed by atoms with Gasteiger partial charge in [-0.1, -0.05) is 12.1 Å². The number of nitrogens with zero attached hydrogens (tertiary/aromatic N) is 2. The lowest BCUT2D eigenvalue weighted by molar-refractivity contribution is 0.0827. The van der Waals surface area contributed by atoms with Crippen molar-refractivity contribution in [2.75, 3.05) is 33.7 Å². The van der Waals surface area contributed by atoms with Crippen LogP contribution < -0.4 is 10.6 Å². The normalized spacial score (nSPS) is 9.90. The molecule has 0 atom stereocenters. The van der Waals surface area contributed by atoms with E-state index in [0.717, 1.165) is 36.6 Å². The Balaban J connectivity index is 2.65. The van der Waals surface area contributed by atoms with Gasteiger partial charge in [0.05, 0.1) is 0 Å². The zero-order valence-electron chi connectivity index (χ0n) is 13.4. The summed E-state index contributed by atoms with van der Waals surface area (Å²) in [4.78, 5) is 18.0. The molecule has 0 saturated carbocycles. The van der Waals surface area contributed by atoms with E-state index >= 15 is 0 Å². The maximum absolute atomic E-state index is 11.9. The smallest absolute Gasteiger partial charge is 0.253 e. The van der Waals surface area contributed by atoms with E-state index in [1.54, 1.807) is 19.0 Å². The van der Waals surface area contributed by atoms with Crippen LogP contribution >= 0.6 is 0 Å². The van der Waals surface area contributed by atoms with Crippen LogP contribution in [0, 0.1) is 0 Å². The molecule has 21 heavy (non-hydrogen) atoms. The summed E-state index contributed by atoms with van der Waals surface area (Å²) < 4.78 is 0. The number of hydrogen-bond donors (Lipinski definition) is 2. The predicted molar refractivity (Wildman–Crippen MR) is 87.8 cm³/mol. The highest BCUT2D eigenvalue weighted by molar-refractivity contribution is 5.94. The van der Waals surface area contributed by atoms with E-state index in [1.165, 1.54) is 0 Å². The molecule has 1 amide bonds. The van der Waals surface area contributed by atoms with Gasteiger partial charge in [-0.15, -0.1) is 0 Å². The Bertz CT molecular complexity index is 475. The third-order valence-corrected chi connectivity index (χ3v) is 2.94. The van der Waals surface area contributed by atoms with Gasteiger partial charge in [0.25, 0.3) is 5.91 Å². The van der Waals surface area contributed by atoms with Gasteiger partial charge in [0.15, 0.2) is 5.96 Å². The van der Waals surface area contributed by atoms with Crippen molar-refractivity contribution in [2.45, 2.75) is 20.3 Å². The second-order valence-electron chi connectivity index (χ2n) is 4.94. The lowest BCUT2D eigenvalue weighted by Crippen LogP contribution is -2.37. The van der Waals surface area contributed by atoms with Crippen LogP contribution in [0.1, 0.15) is 29.8 Å². The molecule has 0 aliphatic heterocycles. The standard InChI is InChI=1S/C16H26N4O/c1-5-17-16(18-6-2)19-11-10-13-8-7-9-14(12-13)15(21)20(3)4/h7-9,12H,5-6,10-11H2,1-4H3,(H2,17,18,19). The van der Waals surface area contributed by atoms with Gasteiger partial charge in [-0.3, -0.25) is 9.79 Å². The highest BCUT2D eigenvalue weighted by atomic mass is 16.2. The zero-order valence-corrected chi connectivity index (χ0v) is 13.4. The Hall–Kier alpha value is -2.04. The molecule has 1 aromatic carbocycles. The summed E-state index contributed by atoms with van der Waals surface area (Å²) in [5.74, 6) is 0.863. The first-order chi connectivity index (χ1) is 10.1. The minimum absolute atomic E-state index is 0.0290. The minimum Gasteiger partial charge on any atom is -0.357 e. The number of amides is 1. The Kier molecular flexibility index (Phi) is 7.29. The van der Waals surface area contributed by atoms with Crippen LogP contribution in [-0.4, -0.2) is 50.5 Å². The van der Waals surface area contributed by atoms with Crippen LogP contribution in [0.2, 0.25) is 0 Å². The lowest BCUT2D eigenvalue weighted by Gasteiger charge is -2.11. The van der Waals surface area contributed by atoms with Gasteiger partial charge in [0.1, 0.15) is 0 Å². The first kappa shape index (κ1) is 17.0. The number of aliphatic imine (C=N–C) groups is 1. The summed E-state index contributed by atoms with van der Waals surface area (Å²) in [6.45, 7) is 6.47. The minimum atomic E-state index is 0.0290. The van der Waals surface area contributed by atoms with Crippen LogP contribution in [0.4, 0.5) is 0 Å². The van der Waals surface area contributed by atoms with E-state index in [9.17, 15) is 4.79 Å². The Morgan fingerprint density at radius 3 is 2.43 bits per heavy atom. The molecule has 2 N–H and O–H groups in total. The fraction of sp³-hybridized carbons (Fsp3) is 0.500. The van der Waals surface area contributed by atoms with Crippen molar-refractivity contribution in [1.82, 2.24) is 15.5 Å². The van der Waals surface area contributed by atoms with E-state index in [1.807, 2.05) is 38.1 Å². The molecule has 0 fully saturated rings. The molecule has 5 heteroatoms. The topological polar surface area (TPSA) is 56.7 Å². The molecule has 1 rings (SSSR count). The third-order valence-electron chi connectivity index (χ3n) is 2.94. The monoisotopic (exact) mass is 290 g/mol. The molecule has 0 radical (unpaired) electrons. The maximum Gasteiger partial charge on any atom is 0.253 e. The van der Waals surface area contributed by atoms with Crippen molar-refractivity contribution >= 4 is 11.9 Å². The van der Waals surface area contributed by atoms with E-state index in [4.69, 9.17) is 0 Å². The molecule has 0 unspecified atom stereocenters. The average Bonchev–Trinajstić information content (AvgIpc) is 2.47. The number of benzene rings is 1. The fourth-order valence-electron chi connectivity index (χ4n) is 1.92. The number of hydrogen-bond acceptors (Lipinski definition) is 2. The molecule has 0 saturated heterocycles. The molecule has 116 valence electrons. The predicted octanol–water partition coefficient (Wildman–Crippen LogP) is 1.51. The first-order valence-corrected chi connectivity index (χ1v) is 7.41. The summed E-state index contributed by atoms with van der Waals surface area (Å²) in [6, 6.07) is 7.74. The van der Waals surface area contributed by atoms with Crippen LogP contribution in [-0.2, 0) is 6.42 Å². The van der Waals surface area contributed by atoms with Crippen molar-refractivity contribution in [2.24, 2.45) is 4.99 Å². The number of rotatable bonds is 6. The molecule has 0 aliphatic rings. The van der Waals surface area contributed by atoms with E-state index in [2.05, 4.69) is 15.6 Å². The Morgan fingerprint density at radius 1 is 1.19 bits per heavy atom. The lowest BCUT2D eigenvalue weighted by atomic mass is 10.1. The van der Waals surface area contributed by atoms with Crippen LogP contribution in [0.5, 0.6) is 0 Å². The number of carbonyl (C=O) groups is 1. The van der Waals surface area contributed by atoms with Gasteiger partial charge in [0.2, 0.25) is 0 Å². The van der Waals surface area contributed by atoms with Crippen molar-refractivity contribution in [3.05, 3.63) is 35.4 Å². The quantitative estimate of drug-likeness (QED) is 0.617. The highest BCUT2D eigenvalue weighted by Crippen LogP contribution is 2.08. The van der Waals surface area contributed by atoms with Crippen LogP contribution in [0.25, 0.3) is 0 Å². The van der Waals surface area contributed by atoms with Crippen molar-refractivity contribution in [1.29, 1.82) is 0 Å². The van der Waals surface area contributed by atoms with Crippen molar-refractivity contribution in [3.63, 3.8) is 0 Å². The largest absolute Gasteiger partial charge is 0.357 e. The number of nitrogens with one attached hydrogen (secondary N) is 2. The maximum atomic E-state index is 11.9. The molecular weight excluding hydrogens is 264 g/mol. The van der Waals surface area contributed by atoms with Crippen molar-refractivity contribution in [3.8, 4) is 0 Å². The van der Waals surface area contributed by atoms with Gasteiger partial charge in [-0.05, 0) is 38.0 Å². The summed E-state index contributed by atoms with van der Waals surface area (Å²) >= 11 is 0. The SMILES string of the molecule is CCNC(=NCCc1cccc(C(=O)N(C)C)c1)NCC. The van der Waals surface area contributed by atoms with E-state index < -0.39 is 0 Å². The molecule has 0 spiro atoms. The molecule has 0 aliphatic carbocycles. The summed E-state index contributed by atoms with van der Waals surface area (Å²) in [5.41, 5.74) is 1.85. The summed E-state index contributed by atoms with van der Waals surface area (Å²) in [5, 5.41) is 6.38. The number of guanidine groups is 1. The highest BCUT2D eigenvalue weighted by Gasteiger charge is 2.07. The van der Waals surface area contributed by atoms with Gasteiger partial charge in [-0.25, -0.2) is 0 Å². The second-order valence-corrected chi connectivity index (χ2v) is 4.94. The first-order valence-electron chi connectivity index (χ1n) is 7.41.